The summed E-state index contributed by atoms with van der Waals surface area (Å²) in [5.41, 5.74) is 8.68. The lowest BCUT2D eigenvalue weighted by atomic mass is 10.1. The number of ether oxygens (including phenoxy) is 1. The molecule has 24 heavy (non-hydrogen) atoms. The zero-order valence-electron chi connectivity index (χ0n) is 13.6. The lowest BCUT2D eigenvalue weighted by Crippen LogP contribution is -2.11. The van der Waals surface area contributed by atoms with Gasteiger partial charge < -0.3 is 10.5 Å². The molecule has 2 aromatic heterocycles. The van der Waals surface area contributed by atoms with Gasteiger partial charge in [0.1, 0.15) is 5.75 Å². The zero-order valence-corrected chi connectivity index (χ0v) is 15.3. The van der Waals surface area contributed by atoms with Crippen molar-refractivity contribution in [3.8, 4) is 16.3 Å². The number of rotatable bonds is 5. The molecule has 0 atom stereocenters. The van der Waals surface area contributed by atoms with Gasteiger partial charge in [-0.15, -0.1) is 22.7 Å². The van der Waals surface area contributed by atoms with Gasteiger partial charge >= 0.3 is 0 Å². The van der Waals surface area contributed by atoms with Crippen molar-refractivity contribution in [1.29, 1.82) is 0 Å². The van der Waals surface area contributed by atoms with E-state index in [2.05, 4.69) is 4.98 Å². The van der Waals surface area contributed by atoms with Crippen LogP contribution in [0.1, 0.15) is 31.6 Å². The van der Waals surface area contributed by atoms with Gasteiger partial charge in [0, 0.05) is 22.9 Å². The Morgan fingerprint density at radius 1 is 1.29 bits per heavy atom. The molecule has 0 unspecified atom stereocenters. The van der Waals surface area contributed by atoms with E-state index in [9.17, 15) is 4.79 Å². The standard InChI is InChI=1S/C17H17N3O2S2/c1-9-16(24-10(2)19-9)13-8-23-15(20-13)7-12-6-11(17(18)21)4-5-14(12)22-3/h4-6,8H,7H2,1-3H3,(H2,18,21). The van der Waals surface area contributed by atoms with Crippen LogP contribution < -0.4 is 10.5 Å². The summed E-state index contributed by atoms with van der Waals surface area (Å²) < 4.78 is 5.38. The number of aromatic nitrogens is 2. The van der Waals surface area contributed by atoms with Crippen LogP contribution in [0.15, 0.2) is 23.6 Å². The van der Waals surface area contributed by atoms with Gasteiger partial charge in [0.15, 0.2) is 0 Å². The van der Waals surface area contributed by atoms with Crippen molar-refractivity contribution in [1.82, 2.24) is 9.97 Å². The summed E-state index contributed by atoms with van der Waals surface area (Å²) >= 11 is 3.23. The van der Waals surface area contributed by atoms with Gasteiger partial charge in [-0.1, -0.05) is 0 Å². The summed E-state index contributed by atoms with van der Waals surface area (Å²) in [6, 6.07) is 5.20. The van der Waals surface area contributed by atoms with Crippen LogP contribution in [0.3, 0.4) is 0 Å². The van der Waals surface area contributed by atoms with E-state index in [4.69, 9.17) is 15.5 Å². The number of hydrogen-bond donors (Lipinski definition) is 1. The minimum Gasteiger partial charge on any atom is -0.496 e. The van der Waals surface area contributed by atoms with Crippen molar-refractivity contribution in [2.24, 2.45) is 5.73 Å². The maximum atomic E-state index is 11.4. The number of nitrogens with zero attached hydrogens (tertiary/aromatic N) is 2. The summed E-state index contributed by atoms with van der Waals surface area (Å²) in [5, 5.41) is 4.03. The molecule has 3 aromatic rings. The highest BCUT2D eigenvalue weighted by Crippen LogP contribution is 2.32. The predicted molar refractivity (Wildman–Crippen MR) is 97.0 cm³/mol. The quantitative estimate of drug-likeness (QED) is 0.755. The molecule has 0 radical (unpaired) electrons. The molecular formula is C17H17N3O2S2. The molecular weight excluding hydrogens is 342 g/mol. The van der Waals surface area contributed by atoms with Crippen molar-refractivity contribution in [2.45, 2.75) is 20.3 Å². The van der Waals surface area contributed by atoms with Crippen molar-refractivity contribution < 1.29 is 9.53 Å². The first kappa shape index (κ1) is 16.6. The fourth-order valence-electron chi connectivity index (χ4n) is 2.50. The third-order valence-corrected chi connectivity index (χ3v) is 5.54. The molecule has 7 heteroatoms. The van der Waals surface area contributed by atoms with Crippen LogP contribution in [0.25, 0.3) is 10.6 Å². The molecule has 2 heterocycles. The van der Waals surface area contributed by atoms with Gasteiger partial charge in [0.05, 0.1) is 33.4 Å². The highest BCUT2D eigenvalue weighted by atomic mass is 32.1. The third-order valence-electron chi connectivity index (χ3n) is 3.59. The monoisotopic (exact) mass is 359 g/mol. The van der Waals surface area contributed by atoms with Crippen LogP contribution in [0.5, 0.6) is 5.75 Å². The van der Waals surface area contributed by atoms with Crippen LogP contribution in [0.4, 0.5) is 0 Å². The van der Waals surface area contributed by atoms with Crippen LogP contribution in [0.2, 0.25) is 0 Å². The van der Waals surface area contributed by atoms with Crippen molar-refractivity contribution in [2.75, 3.05) is 7.11 Å². The number of thiazole rings is 2. The number of aryl methyl sites for hydroxylation is 2. The SMILES string of the molecule is COc1ccc(C(N)=O)cc1Cc1nc(-c2sc(C)nc2C)cs1. The van der Waals surface area contributed by atoms with Gasteiger partial charge in [0.2, 0.25) is 5.91 Å². The lowest BCUT2D eigenvalue weighted by Gasteiger charge is -2.08. The summed E-state index contributed by atoms with van der Waals surface area (Å²) in [7, 11) is 1.61. The molecule has 1 amide bonds. The second-order valence-corrected chi connectivity index (χ2v) is 7.49. The largest absolute Gasteiger partial charge is 0.496 e. The summed E-state index contributed by atoms with van der Waals surface area (Å²) in [6.07, 6.45) is 0.589. The van der Waals surface area contributed by atoms with E-state index in [1.54, 1.807) is 48.0 Å². The van der Waals surface area contributed by atoms with Crippen molar-refractivity contribution in [3.63, 3.8) is 0 Å². The summed E-state index contributed by atoms with van der Waals surface area (Å²) in [5.74, 6) is 0.274. The first-order valence-corrected chi connectivity index (χ1v) is 9.03. The average Bonchev–Trinajstić information content (AvgIpc) is 3.13. The van der Waals surface area contributed by atoms with Crippen LogP contribution in [-0.2, 0) is 6.42 Å². The Balaban J connectivity index is 1.91. The predicted octanol–water partition coefficient (Wildman–Crippen LogP) is 3.58. The van der Waals surface area contributed by atoms with E-state index in [1.165, 1.54) is 0 Å². The van der Waals surface area contributed by atoms with Crippen LogP contribution in [0, 0.1) is 13.8 Å². The lowest BCUT2D eigenvalue weighted by molar-refractivity contribution is 0.1000. The first-order chi connectivity index (χ1) is 11.5. The Kier molecular flexibility index (Phi) is 4.64. The Labute approximate surface area is 148 Å². The molecule has 0 saturated carbocycles. The Morgan fingerprint density at radius 3 is 2.71 bits per heavy atom. The summed E-state index contributed by atoms with van der Waals surface area (Å²) in [6.45, 7) is 3.99. The number of hydrogen-bond acceptors (Lipinski definition) is 6. The maximum Gasteiger partial charge on any atom is 0.248 e. The number of methoxy groups -OCH3 is 1. The minimum absolute atomic E-state index is 0.450. The van der Waals surface area contributed by atoms with E-state index in [-0.39, 0.29) is 0 Å². The van der Waals surface area contributed by atoms with Crippen molar-refractivity contribution in [3.05, 3.63) is 50.4 Å². The number of primary amides is 1. The number of benzene rings is 1. The number of amides is 1. The highest BCUT2D eigenvalue weighted by molar-refractivity contribution is 7.15. The number of carbonyl (C=O) groups is 1. The molecule has 0 spiro atoms. The molecule has 0 aliphatic rings. The zero-order chi connectivity index (χ0) is 17.3. The van der Waals surface area contributed by atoms with E-state index in [0.717, 1.165) is 37.6 Å². The van der Waals surface area contributed by atoms with Gasteiger partial charge in [0.25, 0.3) is 0 Å². The second-order valence-electron chi connectivity index (χ2n) is 5.34. The maximum absolute atomic E-state index is 11.4. The van der Waals surface area contributed by atoms with Crippen molar-refractivity contribution >= 4 is 28.6 Å². The molecule has 0 aliphatic heterocycles. The van der Waals surface area contributed by atoms with Gasteiger partial charge in [-0.2, -0.15) is 0 Å². The van der Waals surface area contributed by atoms with E-state index in [0.29, 0.717) is 12.0 Å². The molecule has 2 N–H and O–H groups in total. The van der Waals surface area contributed by atoms with E-state index < -0.39 is 5.91 Å². The first-order valence-electron chi connectivity index (χ1n) is 7.33. The van der Waals surface area contributed by atoms with Gasteiger partial charge in [-0.3, -0.25) is 4.79 Å². The molecule has 3 rings (SSSR count). The van der Waals surface area contributed by atoms with Crippen LogP contribution in [-0.4, -0.2) is 23.0 Å². The minimum atomic E-state index is -0.450. The van der Waals surface area contributed by atoms with Gasteiger partial charge in [-0.25, -0.2) is 9.97 Å². The Bertz CT molecular complexity index is 899. The molecule has 5 nitrogen and oxygen atoms in total. The Hall–Kier alpha value is -2.25. The number of nitrogens with two attached hydrogens (primary N) is 1. The van der Waals surface area contributed by atoms with Gasteiger partial charge in [-0.05, 0) is 32.0 Å². The molecule has 0 saturated heterocycles. The highest BCUT2D eigenvalue weighted by Gasteiger charge is 2.14. The smallest absolute Gasteiger partial charge is 0.248 e. The average molecular weight is 359 g/mol. The molecule has 0 bridgehead atoms. The molecule has 1 aromatic carbocycles. The number of carbonyl (C=O) groups excluding carboxylic acids is 1. The van der Waals surface area contributed by atoms with E-state index in [1.807, 2.05) is 19.2 Å². The second kappa shape index (κ2) is 6.70. The fourth-order valence-corrected chi connectivity index (χ4v) is 4.26. The normalized spacial score (nSPS) is 10.8. The summed E-state index contributed by atoms with van der Waals surface area (Å²) in [4.78, 5) is 21.7. The molecule has 124 valence electrons. The Morgan fingerprint density at radius 2 is 2.08 bits per heavy atom. The topological polar surface area (TPSA) is 78.1 Å². The third kappa shape index (κ3) is 3.32. The fraction of sp³-hybridized carbons (Fsp3) is 0.235. The molecule has 0 aliphatic carbocycles. The van der Waals surface area contributed by atoms with E-state index >= 15 is 0 Å². The molecule has 0 fully saturated rings. The van der Waals surface area contributed by atoms with Crippen LogP contribution >= 0.6 is 22.7 Å².